The molecule has 3 heterocycles. The van der Waals surface area contributed by atoms with E-state index in [1.165, 1.54) is 16.8 Å². The number of ether oxygens (including phenoxy) is 1. The lowest BCUT2D eigenvalue weighted by molar-refractivity contribution is 0.0264. The summed E-state index contributed by atoms with van der Waals surface area (Å²) >= 11 is 3.65. The summed E-state index contributed by atoms with van der Waals surface area (Å²) in [4.78, 5) is 18.1. The lowest BCUT2D eigenvalue weighted by atomic mass is 10.0. The third-order valence-electron chi connectivity index (χ3n) is 8.45. The summed E-state index contributed by atoms with van der Waals surface area (Å²) < 4.78 is 10.6. The van der Waals surface area contributed by atoms with Crippen LogP contribution in [0.4, 0.5) is 0 Å². The van der Waals surface area contributed by atoms with Crippen molar-refractivity contribution < 1.29 is 9.53 Å². The monoisotopic (exact) mass is 606 g/mol. The van der Waals surface area contributed by atoms with E-state index >= 15 is 0 Å². The van der Waals surface area contributed by atoms with Crippen molar-refractivity contribution in [3.63, 3.8) is 0 Å². The van der Waals surface area contributed by atoms with Crippen molar-refractivity contribution in [3.8, 4) is 0 Å². The van der Waals surface area contributed by atoms with E-state index in [-0.39, 0.29) is 24.0 Å². The minimum atomic E-state index is 0.0720. The summed E-state index contributed by atoms with van der Waals surface area (Å²) in [6.45, 7) is 14.3. The number of halogens is 1. The Labute approximate surface area is 245 Å². The first-order chi connectivity index (χ1) is 19.2. The number of nitrogens with zero attached hydrogens (tertiary/aromatic N) is 6. The Balaban J connectivity index is 1.27. The molecule has 40 heavy (non-hydrogen) atoms. The van der Waals surface area contributed by atoms with Crippen molar-refractivity contribution in [2.75, 3.05) is 26.8 Å². The quantitative estimate of drug-likeness (QED) is 0.261. The lowest BCUT2D eigenvalue weighted by Gasteiger charge is -2.44. The molecule has 3 atom stereocenters. The van der Waals surface area contributed by atoms with Gasteiger partial charge in [-0.15, -0.1) is 5.10 Å². The van der Waals surface area contributed by atoms with Gasteiger partial charge < -0.3 is 14.2 Å². The van der Waals surface area contributed by atoms with Gasteiger partial charge in [0.25, 0.3) is 5.91 Å². The normalized spacial score (nSPS) is 18.9. The number of benzene rings is 2. The Bertz CT molecular complexity index is 1500. The van der Waals surface area contributed by atoms with Crippen molar-refractivity contribution in [2.45, 2.75) is 65.8 Å². The maximum absolute atomic E-state index is 13.7. The number of hydrogen-bond acceptors (Lipinski definition) is 5. The van der Waals surface area contributed by atoms with Crippen molar-refractivity contribution in [3.05, 3.63) is 81.2 Å². The maximum Gasteiger partial charge on any atom is 0.253 e. The van der Waals surface area contributed by atoms with E-state index in [2.05, 4.69) is 88.5 Å². The molecular formula is C31H39BrN6O2. The third kappa shape index (κ3) is 5.47. The van der Waals surface area contributed by atoms with Crippen LogP contribution >= 0.6 is 15.9 Å². The van der Waals surface area contributed by atoms with E-state index in [4.69, 9.17) is 4.74 Å². The molecule has 0 unspecified atom stereocenters. The fraction of sp³-hybridized carbons (Fsp3) is 0.452. The topological polar surface area (TPSA) is 68.4 Å². The Morgan fingerprint density at radius 2 is 1.85 bits per heavy atom. The van der Waals surface area contributed by atoms with Crippen LogP contribution in [-0.4, -0.2) is 74.2 Å². The Hall–Kier alpha value is -3.01. The predicted octanol–water partition coefficient (Wildman–Crippen LogP) is 5.60. The Kier molecular flexibility index (Phi) is 8.44. The lowest BCUT2D eigenvalue weighted by Crippen LogP contribution is -2.57. The second kappa shape index (κ2) is 11.8. The van der Waals surface area contributed by atoms with Crippen molar-refractivity contribution >= 4 is 32.7 Å². The molecule has 1 fully saturated rings. The van der Waals surface area contributed by atoms with Crippen LogP contribution in [0.1, 0.15) is 59.7 Å². The third-order valence-corrected chi connectivity index (χ3v) is 9.17. The van der Waals surface area contributed by atoms with Crippen molar-refractivity contribution in [2.24, 2.45) is 0 Å². The van der Waals surface area contributed by atoms with Gasteiger partial charge >= 0.3 is 0 Å². The summed E-state index contributed by atoms with van der Waals surface area (Å²) in [7, 11) is 1.72. The largest absolute Gasteiger partial charge is 0.383 e. The first-order valence-electron chi connectivity index (χ1n) is 14.0. The molecule has 1 saturated heterocycles. The van der Waals surface area contributed by atoms with Gasteiger partial charge in [0, 0.05) is 72.0 Å². The highest BCUT2D eigenvalue weighted by molar-refractivity contribution is 9.10. The molecule has 2 aromatic heterocycles. The number of aryl methyl sites for hydroxylation is 1. The second-order valence-electron chi connectivity index (χ2n) is 11.1. The smallest absolute Gasteiger partial charge is 0.253 e. The molecule has 0 spiro atoms. The maximum atomic E-state index is 13.7. The van der Waals surface area contributed by atoms with E-state index in [0.717, 1.165) is 33.2 Å². The Morgan fingerprint density at radius 3 is 2.55 bits per heavy atom. The average molecular weight is 608 g/mol. The fourth-order valence-corrected chi connectivity index (χ4v) is 6.60. The van der Waals surface area contributed by atoms with E-state index in [1.54, 1.807) is 7.11 Å². The molecule has 212 valence electrons. The number of rotatable bonds is 8. The number of piperazine rings is 1. The van der Waals surface area contributed by atoms with Gasteiger partial charge in [0.15, 0.2) is 0 Å². The van der Waals surface area contributed by atoms with Gasteiger partial charge in [0.05, 0.1) is 24.5 Å². The molecule has 1 aliphatic heterocycles. The molecule has 0 bridgehead atoms. The van der Waals surface area contributed by atoms with Crippen LogP contribution < -0.4 is 0 Å². The number of carbonyl (C=O) groups is 1. The van der Waals surface area contributed by atoms with Crippen molar-refractivity contribution in [1.29, 1.82) is 0 Å². The molecule has 8 nitrogen and oxygen atoms in total. The zero-order chi connectivity index (χ0) is 28.6. The van der Waals surface area contributed by atoms with Crippen LogP contribution in [-0.2, 0) is 17.8 Å². The fourth-order valence-electron chi connectivity index (χ4n) is 5.99. The van der Waals surface area contributed by atoms with Crippen molar-refractivity contribution in [1.82, 2.24) is 29.4 Å². The molecule has 2 aromatic carbocycles. The zero-order valence-corrected chi connectivity index (χ0v) is 25.9. The summed E-state index contributed by atoms with van der Waals surface area (Å²) in [5.74, 6) is 0.0927. The first kappa shape index (κ1) is 28.5. The highest BCUT2D eigenvalue weighted by atomic mass is 79.9. The predicted molar refractivity (Wildman–Crippen MR) is 162 cm³/mol. The first-order valence-corrected chi connectivity index (χ1v) is 14.8. The molecule has 4 aromatic rings. The molecule has 1 aliphatic rings. The van der Waals surface area contributed by atoms with Crippen LogP contribution in [0.2, 0.25) is 0 Å². The van der Waals surface area contributed by atoms with Gasteiger partial charge in [0.2, 0.25) is 0 Å². The number of amides is 1. The van der Waals surface area contributed by atoms with Crippen LogP contribution in [0.5, 0.6) is 0 Å². The van der Waals surface area contributed by atoms with E-state index in [1.807, 2.05) is 40.0 Å². The van der Waals surface area contributed by atoms with Gasteiger partial charge in [-0.1, -0.05) is 39.3 Å². The highest BCUT2D eigenvalue weighted by Gasteiger charge is 2.33. The number of aromatic nitrogens is 4. The minimum Gasteiger partial charge on any atom is -0.383 e. The number of hydrogen-bond donors (Lipinski definition) is 0. The summed E-state index contributed by atoms with van der Waals surface area (Å²) in [5, 5.41) is 10.1. The van der Waals surface area contributed by atoms with Gasteiger partial charge in [-0.3, -0.25) is 9.69 Å². The summed E-state index contributed by atoms with van der Waals surface area (Å²) in [6.07, 6.45) is 2.04. The van der Waals surface area contributed by atoms with Gasteiger partial charge in [-0.05, 0) is 70.0 Å². The van der Waals surface area contributed by atoms with Gasteiger partial charge in [0.1, 0.15) is 0 Å². The highest BCUT2D eigenvalue weighted by Crippen LogP contribution is 2.29. The molecular weight excluding hydrogens is 568 g/mol. The van der Waals surface area contributed by atoms with Crippen LogP contribution in [0.25, 0.3) is 10.9 Å². The van der Waals surface area contributed by atoms with E-state index in [0.29, 0.717) is 26.2 Å². The standard InChI is InChI=1S/C31H39BrN6O2/c1-20-16-35(31(39)25-11-12-30-28(15-25)22(3)23(4)36(30)13-14-40-6)17-21(2)37(20)18-26-19-38(34-33-26)24(5)27-9-7-8-10-29(27)32/h7-12,15,19-21,24H,13-14,16-18H2,1-6H3/t20-,21+,24-/m0/s1. The number of carbonyl (C=O) groups excluding carboxylic acids is 1. The molecule has 0 saturated carbocycles. The van der Waals surface area contributed by atoms with Gasteiger partial charge in [-0.2, -0.15) is 0 Å². The second-order valence-corrected chi connectivity index (χ2v) is 11.9. The number of methoxy groups -OCH3 is 1. The minimum absolute atomic E-state index is 0.0720. The Morgan fingerprint density at radius 1 is 1.12 bits per heavy atom. The SMILES string of the molecule is COCCn1c(C)c(C)c2cc(C(=O)N3C[C@@H](C)N(Cc4cn([C@@H](C)c5ccccc5Br)nn4)[C@@H](C)C3)ccc21. The molecule has 0 N–H and O–H groups in total. The molecule has 1 amide bonds. The molecule has 0 radical (unpaired) electrons. The van der Waals surface area contributed by atoms with E-state index < -0.39 is 0 Å². The number of fused-ring (bicyclic) bond motifs is 1. The van der Waals surface area contributed by atoms with Gasteiger partial charge in [-0.25, -0.2) is 4.68 Å². The zero-order valence-electron chi connectivity index (χ0n) is 24.3. The van der Waals surface area contributed by atoms with Crippen LogP contribution in [0.3, 0.4) is 0 Å². The summed E-state index contributed by atoms with van der Waals surface area (Å²) in [6, 6.07) is 14.8. The van der Waals surface area contributed by atoms with E-state index in [9.17, 15) is 4.79 Å². The summed E-state index contributed by atoms with van der Waals surface area (Å²) in [5.41, 5.74) is 6.44. The molecule has 9 heteroatoms. The average Bonchev–Trinajstić information content (AvgIpc) is 3.51. The van der Waals surface area contributed by atoms with Crippen LogP contribution in [0, 0.1) is 13.8 Å². The van der Waals surface area contributed by atoms with Crippen LogP contribution in [0.15, 0.2) is 53.1 Å². The molecule has 5 rings (SSSR count). The molecule has 0 aliphatic carbocycles.